The predicted molar refractivity (Wildman–Crippen MR) is 141 cm³/mol. The topological polar surface area (TPSA) is 76.1 Å². The molecule has 1 N–H and O–H groups in total. The molecule has 10 heteroatoms. The number of hydrogen-bond donors (Lipinski definition) is 1. The van der Waals surface area contributed by atoms with E-state index in [0.29, 0.717) is 32.0 Å². The van der Waals surface area contributed by atoms with E-state index in [9.17, 15) is 27.9 Å². The van der Waals surface area contributed by atoms with E-state index >= 15 is 0 Å². The van der Waals surface area contributed by atoms with E-state index in [1.165, 1.54) is 6.07 Å². The summed E-state index contributed by atoms with van der Waals surface area (Å²) in [6.07, 6.45) is 2.76. The van der Waals surface area contributed by atoms with Crippen molar-refractivity contribution in [1.29, 1.82) is 0 Å². The van der Waals surface area contributed by atoms with Gasteiger partial charge in [-0.05, 0) is 82.6 Å². The van der Waals surface area contributed by atoms with Crippen LogP contribution in [0.1, 0.15) is 92.1 Å². The average molecular weight is 568 g/mol. The number of aromatic carboxylic acids is 1. The number of anilines is 1. The molecule has 1 atom stereocenters. The number of alkyl halides is 3. The van der Waals surface area contributed by atoms with Gasteiger partial charge in [0, 0.05) is 18.6 Å². The first-order valence-electron chi connectivity index (χ1n) is 14.1. The molecule has 2 heterocycles. The van der Waals surface area contributed by atoms with E-state index < -0.39 is 17.6 Å². The molecule has 1 saturated heterocycles. The molecule has 0 aromatic carbocycles. The molecule has 0 bridgehead atoms. The number of carboxylic acids is 1. The van der Waals surface area contributed by atoms with Crippen molar-refractivity contribution in [2.75, 3.05) is 18.1 Å². The lowest BCUT2D eigenvalue weighted by atomic mass is 9.81. The van der Waals surface area contributed by atoms with Crippen LogP contribution >= 0.6 is 11.3 Å². The monoisotopic (exact) mass is 567 g/mol. The third-order valence-electron chi connectivity index (χ3n) is 8.77. The molecule has 1 aromatic rings. The molecule has 4 aliphatic rings. The molecule has 214 valence electrons. The van der Waals surface area contributed by atoms with Gasteiger partial charge in [-0.15, -0.1) is 11.3 Å². The van der Waals surface area contributed by atoms with Crippen LogP contribution in [-0.2, 0) is 14.3 Å². The fourth-order valence-corrected chi connectivity index (χ4v) is 6.93. The maximum absolute atomic E-state index is 14.0. The summed E-state index contributed by atoms with van der Waals surface area (Å²) in [7, 11) is 0. The average Bonchev–Trinajstić information content (AvgIpc) is 3.33. The highest BCUT2D eigenvalue weighted by Crippen LogP contribution is 2.57. The Morgan fingerprint density at radius 3 is 2.33 bits per heavy atom. The van der Waals surface area contributed by atoms with Crippen molar-refractivity contribution < 1.29 is 37.3 Å². The molecule has 0 spiro atoms. The van der Waals surface area contributed by atoms with Gasteiger partial charge in [-0.3, -0.25) is 4.79 Å². The third-order valence-corrected chi connectivity index (χ3v) is 9.80. The Labute approximate surface area is 231 Å². The molecule has 1 unspecified atom stereocenters. The van der Waals surface area contributed by atoms with Crippen molar-refractivity contribution >= 4 is 28.9 Å². The number of ether oxygens (including phenoxy) is 2. The quantitative estimate of drug-likeness (QED) is 0.402. The maximum atomic E-state index is 14.0. The fourth-order valence-electron chi connectivity index (χ4n) is 6.09. The second kappa shape index (κ2) is 11.4. The van der Waals surface area contributed by atoms with E-state index in [2.05, 4.69) is 18.8 Å². The lowest BCUT2D eigenvalue weighted by molar-refractivity contribution is -0.168. The first-order valence-corrected chi connectivity index (χ1v) is 14.9. The minimum Gasteiger partial charge on any atom is -0.477 e. The Balaban J connectivity index is 1.41. The molecule has 4 fully saturated rings. The van der Waals surface area contributed by atoms with Crippen molar-refractivity contribution in [2.45, 2.75) is 102 Å². The lowest BCUT2D eigenvalue weighted by Gasteiger charge is -2.39. The largest absolute Gasteiger partial charge is 0.477 e. The number of carbonyl (C=O) groups excluding carboxylic acids is 1. The first-order chi connectivity index (χ1) is 18.6. The van der Waals surface area contributed by atoms with Crippen molar-refractivity contribution in [3.63, 3.8) is 0 Å². The summed E-state index contributed by atoms with van der Waals surface area (Å²) in [6, 6.07) is 1.32. The van der Waals surface area contributed by atoms with Crippen molar-refractivity contribution in [3.05, 3.63) is 15.8 Å². The van der Waals surface area contributed by atoms with E-state index in [-0.39, 0.29) is 58.4 Å². The lowest BCUT2D eigenvalue weighted by Crippen LogP contribution is -2.47. The Morgan fingerprint density at radius 2 is 1.77 bits per heavy atom. The van der Waals surface area contributed by atoms with Gasteiger partial charge in [-0.2, -0.15) is 13.2 Å². The van der Waals surface area contributed by atoms with Crippen LogP contribution in [0.25, 0.3) is 0 Å². The first kappa shape index (κ1) is 28.4. The Bertz CT molecular complexity index is 1110. The van der Waals surface area contributed by atoms with Crippen LogP contribution < -0.4 is 4.90 Å². The van der Waals surface area contributed by atoms with Crippen molar-refractivity contribution in [3.8, 4) is 11.8 Å². The number of halogens is 3. The van der Waals surface area contributed by atoms with Crippen molar-refractivity contribution in [2.24, 2.45) is 17.3 Å². The highest BCUT2D eigenvalue weighted by atomic mass is 32.1. The summed E-state index contributed by atoms with van der Waals surface area (Å²) in [4.78, 5) is 28.2. The number of carboxylic acid groups (broad SMARTS) is 1. The maximum Gasteiger partial charge on any atom is 0.405 e. The van der Waals surface area contributed by atoms with E-state index in [0.717, 1.165) is 56.3 Å². The Kier molecular flexibility index (Phi) is 8.33. The molecule has 39 heavy (non-hydrogen) atoms. The van der Waals surface area contributed by atoms with Crippen LogP contribution in [0.3, 0.4) is 0 Å². The number of amides is 1. The van der Waals surface area contributed by atoms with Crippen LogP contribution in [0.4, 0.5) is 18.9 Å². The van der Waals surface area contributed by atoms with Gasteiger partial charge < -0.3 is 19.5 Å². The minimum absolute atomic E-state index is 0.0451. The molecule has 5 rings (SSSR count). The number of rotatable bonds is 6. The summed E-state index contributed by atoms with van der Waals surface area (Å²) in [5, 5.41) is 10.0. The zero-order chi connectivity index (χ0) is 27.8. The summed E-state index contributed by atoms with van der Waals surface area (Å²) in [6.45, 7) is 3.48. The molecule has 3 saturated carbocycles. The zero-order valence-corrected chi connectivity index (χ0v) is 23.0. The smallest absolute Gasteiger partial charge is 0.405 e. The van der Waals surface area contributed by atoms with Gasteiger partial charge >= 0.3 is 12.1 Å². The van der Waals surface area contributed by atoms with Crippen LogP contribution in [0.2, 0.25) is 0 Å². The van der Waals surface area contributed by atoms with Gasteiger partial charge in [-0.25, -0.2) is 4.79 Å². The number of nitrogens with zero attached hydrogens (tertiary/aromatic N) is 1. The van der Waals surface area contributed by atoms with Crippen molar-refractivity contribution in [1.82, 2.24) is 0 Å². The predicted octanol–water partition coefficient (Wildman–Crippen LogP) is 6.42. The third kappa shape index (κ3) is 6.31. The van der Waals surface area contributed by atoms with Gasteiger partial charge in [0.05, 0.1) is 29.4 Å². The van der Waals surface area contributed by atoms with Gasteiger partial charge in [-0.1, -0.05) is 18.8 Å². The molecule has 1 aliphatic heterocycles. The molecule has 0 radical (unpaired) electrons. The molecular weight excluding hydrogens is 531 g/mol. The summed E-state index contributed by atoms with van der Waals surface area (Å²) in [5.41, 5.74) is -1.73. The standard InChI is InChI=1S/C29H36F3NO5S/c1-18-2-4-19(5-3-18)26(34)33(20-6-8-21(9-7-20)38-22-11-15-37-17-22)24-16-23(39-25(24)27(35)36)10-12-28(13-14-28)29(30,31)32/h16,18-22H,2-9,11,13-15,17H2,1H3,(H,35,36). The van der Waals surface area contributed by atoms with Gasteiger partial charge in [0.2, 0.25) is 5.91 Å². The molecular formula is C29H36F3NO5S. The summed E-state index contributed by atoms with van der Waals surface area (Å²) >= 11 is 0.852. The second-order valence-electron chi connectivity index (χ2n) is 11.7. The number of thiophene rings is 1. The Hall–Kier alpha value is -2.09. The zero-order valence-electron chi connectivity index (χ0n) is 22.2. The number of hydrogen-bond acceptors (Lipinski definition) is 5. The molecule has 1 amide bonds. The highest BCUT2D eigenvalue weighted by Gasteiger charge is 2.62. The van der Waals surface area contributed by atoms with Crippen LogP contribution in [0.15, 0.2) is 6.07 Å². The van der Waals surface area contributed by atoms with Gasteiger partial charge in [0.1, 0.15) is 10.3 Å². The highest BCUT2D eigenvalue weighted by molar-refractivity contribution is 7.15. The SMILES string of the molecule is CC1CCC(C(=O)N(c2cc(C#CC3(C(F)(F)F)CC3)sc2C(=O)O)C2CCC(OC3CCOC3)CC2)CC1. The van der Waals surface area contributed by atoms with Gasteiger partial charge in [0.25, 0.3) is 0 Å². The molecule has 6 nitrogen and oxygen atoms in total. The summed E-state index contributed by atoms with van der Waals surface area (Å²) in [5.74, 6) is 4.07. The molecule has 1 aromatic heterocycles. The van der Waals surface area contributed by atoms with E-state index in [1.54, 1.807) is 4.90 Å². The fraction of sp³-hybridized carbons (Fsp3) is 0.724. The number of carbonyl (C=O) groups is 2. The normalized spacial score (nSPS) is 30.3. The van der Waals surface area contributed by atoms with E-state index in [1.807, 2.05) is 0 Å². The molecule has 3 aliphatic carbocycles. The Morgan fingerprint density at radius 1 is 1.08 bits per heavy atom. The van der Waals surface area contributed by atoms with Crippen LogP contribution in [-0.4, -0.2) is 54.6 Å². The summed E-state index contributed by atoms with van der Waals surface area (Å²) < 4.78 is 51.9. The van der Waals surface area contributed by atoms with E-state index in [4.69, 9.17) is 9.47 Å². The minimum atomic E-state index is -4.42. The van der Waals surface area contributed by atoms with Gasteiger partial charge in [0.15, 0.2) is 0 Å². The second-order valence-corrected chi connectivity index (χ2v) is 12.7. The van der Waals surface area contributed by atoms with Crippen LogP contribution in [0.5, 0.6) is 0 Å². The van der Waals surface area contributed by atoms with Crippen LogP contribution in [0, 0.1) is 29.1 Å².